The average Bonchev–Trinajstić information content (AvgIpc) is 2.76. The van der Waals surface area contributed by atoms with Crippen LogP contribution >= 0.6 is 0 Å². The van der Waals surface area contributed by atoms with Crippen LogP contribution in [0.1, 0.15) is 24.0 Å². The number of fused-ring (bicyclic) bond motifs is 1. The fraction of sp³-hybridized carbons (Fsp3) is 0.250. The van der Waals surface area contributed by atoms with Crippen LogP contribution in [0.15, 0.2) is 66.7 Å². The summed E-state index contributed by atoms with van der Waals surface area (Å²) in [6, 6.07) is 21.3. The number of carbonyl (C=O) groups excluding carboxylic acids is 2. The van der Waals surface area contributed by atoms with E-state index in [1.165, 1.54) is 0 Å². The minimum atomic E-state index is -0.464. The van der Waals surface area contributed by atoms with E-state index < -0.39 is 11.9 Å². The number of likely N-dealkylation sites (N-methyl/N-ethyl adjacent to an activating group) is 1. The Balaban J connectivity index is 1.58. The second-order valence-electron chi connectivity index (χ2n) is 7.04. The molecule has 1 atom stereocenters. The van der Waals surface area contributed by atoms with Crippen molar-refractivity contribution in [2.45, 2.75) is 19.4 Å². The molecule has 5 heteroatoms. The maximum absolute atomic E-state index is 12.5. The van der Waals surface area contributed by atoms with Crippen molar-refractivity contribution in [2.24, 2.45) is 0 Å². The maximum Gasteiger partial charge on any atom is 0.313 e. The van der Waals surface area contributed by atoms with Gasteiger partial charge in [-0.15, -0.1) is 0 Å². The van der Waals surface area contributed by atoms with Gasteiger partial charge in [-0.1, -0.05) is 54.6 Å². The van der Waals surface area contributed by atoms with E-state index in [9.17, 15) is 9.59 Å². The van der Waals surface area contributed by atoms with Crippen LogP contribution < -0.4 is 4.74 Å². The summed E-state index contributed by atoms with van der Waals surface area (Å²) in [7, 11) is 3.33. The van der Waals surface area contributed by atoms with E-state index in [1.807, 2.05) is 66.7 Å². The highest BCUT2D eigenvalue weighted by Crippen LogP contribution is 2.25. The number of hydrogen-bond acceptors (Lipinski definition) is 4. The number of amides is 1. The van der Waals surface area contributed by atoms with Crippen molar-refractivity contribution in [1.29, 1.82) is 0 Å². The standard InChI is InChI=1S/C24H25NO4/c1-17(19-9-10-21-14-22(28-3)12-11-20(21)13-19)24(27)29-16-23(26)25(2)15-18-7-5-4-6-8-18/h4-14,17H,15-16H2,1-3H3/t17-/m0/s1. The summed E-state index contributed by atoms with van der Waals surface area (Å²) in [5.74, 6) is -0.330. The van der Waals surface area contributed by atoms with Gasteiger partial charge in [0.15, 0.2) is 6.61 Å². The molecular weight excluding hydrogens is 366 g/mol. The number of ether oxygens (including phenoxy) is 2. The molecule has 150 valence electrons. The van der Waals surface area contributed by atoms with E-state index in [4.69, 9.17) is 9.47 Å². The van der Waals surface area contributed by atoms with Crippen LogP contribution in [0.4, 0.5) is 0 Å². The van der Waals surface area contributed by atoms with Crippen molar-refractivity contribution in [3.8, 4) is 5.75 Å². The number of nitrogens with zero attached hydrogens (tertiary/aromatic N) is 1. The molecule has 0 unspecified atom stereocenters. The van der Waals surface area contributed by atoms with Gasteiger partial charge < -0.3 is 14.4 Å². The minimum absolute atomic E-state index is 0.236. The molecule has 0 heterocycles. The molecule has 5 nitrogen and oxygen atoms in total. The third-order valence-corrected chi connectivity index (χ3v) is 4.95. The van der Waals surface area contributed by atoms with Gasteiger partial charge in [0.1, 0.15) is 5.75 Å². The first-order valence-electron chi connectivity index (χ1n) is 9.50. The van der Waals surface area contributed by atoms with Crippen LogP contribution in [-0.4, -0.2) is 37.5 Å². The maximum atomic E-state index is 12.5. The van der Waals surface area contributed by atoms with Gasteiger partial charge in [0, 0.05) is 13.6 Å². The third-order valence-electron chi connectivity index (χ3n) is 4.95. The first-order valence-corrected chi connectivity index (χ1v) is 9.50. The van der Waals surface area contributed by atoms with Crippen LogP contribution in [0.25, 0.3) is 10.8 Å². The van der Waals surface area contributed by atoms with E-state index >= 15 is 0 Å². The number of hydrogen-bond donors (Lipinski definition) is 0. The first kappa shape index (κ1) is 20.4. The van der Waals surface area contributed by atoms with E-state index in [-0.39, 0.29) is 12.5 Å². The molecule has 0 fully saturated rings. The fourth-order valence-corrected chi connectivity index (χ4v) is 3.09. The van der Waals surface area contributed by atoms with Crippen LogP contribution in [0.5, 0.6) is 5.75 Å². The highest BCUT2D eigenvalue weighted by Gasteiger charge is 2.19. The zero-order valence-corrected chi connectivity index (χ0v) is 16.9. The molecule has 3 rings (SSSR count). The quantitative estimate of drug-likeness (QED) is 0.568. The Morgan fingerprint density at radius 3 is 2.38 bits per heavy atom. The van der Waals surface area contributed by atoms with Crippen LogP contribution in [-0.2, 0) is 20.9 Å². The predicted octanol–water partition coefficient (Wildman–Crippen LogP) is 4.15. The summed E-state index contributed by atoms with van der Waals surface area (Å²) in [4.78, 5) is 26.3. The number of esters is 1. The highest BCUT2D eigenvalue weighted by atomic mass is 16.5. The lowest BCUT2D eigenvalue weighted by atomic mass is 9.98. The summed E-state index contributed by atoms with van der Waals surface area (Å²) in [6.45, 7) is 1.99. The molecule has 0 aliphatic rings. The van der Waals surface area contributed by atoms with Gasteiger partial charge in [0.25, 0.3) is 5.91 Å². The summed E-state index contributed by atoms with van der Waals surface area (Å²) < 4.78 is 10.5. The molecule has 0 aliphatic carbocycles. The lowest BCUT2D eigenvalue weighted by Crippen LogP contribution is -2.31. The monoisotopic (exact) mass is 391 g/mol. The Hall–Kier alpha value is -3.34. The fourth-order valence-electron chi connectivity index (χ4n) is 3.09. The molecule has 0 N–H and O–H groups in total. The molecule has 29 heavy (non-hydrogen) atoms. The van der Waals surface area contributed by atoms with Gasteiger partial charge in [-0.05, 0) is 41.0 Å². The second-order valence-corrected chi connectivity index (χ2v) is 7.04. The Kier molecular flexibility index (Phi) is 6.50. The number of benzene rings is 3. The lowest BCUT2D eigenvalue weighted by Gasteiger charge is -2.18. The Morgan fingerprint density at radius 2 is 1.66 bits per heavy atom. The van der Waals surface area contributed by atoms with Crippen molar-refractivity contribution in [3.05, 3.63) is 77.9 Å². The van der Waals surface area contributed by atoms with Crippen molar-refractivity contribution in [2.75, 3.05) is 20.8 Å². The lowest BCUT2D eigenvalue weighted by molar-refractivity contribution is -0.152. The Bertz CT molecular complexity index is 1000. The number of carbonyl (C=O) groups is 2. The molecule has 0 radical (unpaired) electrons. The average molecular weight is 391 g/mol. The number of methoxy groups -OCH3 is 1. The molecular formula is C24H25NO4. The van der Waals surface area contributed by atoms with Gasteiger partial charge in [-0.25, -0.2) is 0 Å². The van der Waals surface area contributed by atoms with Gasteiger partial charge >= 0.3 is 5.97 Å². The Morgan fingerprint density at radius 1 is 0.966 bits per heavy atom. The van der Waals surface area contributed by atoms with Gasteiger partial charge in [0.05, 0.1) is 13.0 Å². The molecule has 1 amide bonds. The molecule has 3 aromatic carbocycles. The molecule has 0 bridgehead atoms. The summed E-state index contributed by atoms with van der Waals surface area (Å²) in [5, 5.41) is 2.05. The smallest absolute Gasteiger partial charge is 0.313 e. The summed E-state index contributed by atoms with van der Waals surface area (Å²) >= 11 is 0. The molecule has 0 spiro atoms. The Labute approximate surface area is 170 Å². The molecule has 0 aromatic heterocycles. The zero-order chi connectivity index (χ0) is 20.8. The van der Waals surface area contributed by atoms with Crippen molar-refractivity contribution >= 4 is 22.6 Å². The SMILES string of the molecule is COc1ccc2cc([C@H](C)C(=O)OCC(=O)N(C)Cc3ccccc3)ccc2c1. The van der Waals surface area contributed by atoms with E-state index in [0.717, 1.165) is 27.6 Å². The molecule has 0 saturated heterocycles. The zero-order valence-electron chi connectivity index (χ0n) is 16.9. The second kappa shape index (κ2) is 9.24. The minimum Gasteiger partial charge on any atom is -0.497 e. The van der Waals surface area contributed by atoms with Crippen molar-refractivity contribution < 1.29 is 19.1 Å². The normalized spacial score (nSPS) is 11.7. The van der Waals surface area contributed by atoms with Crippen LogP contribution in [0.3, 0.4) is 0 Å². The topological polar surface area (TPSA) is 55.8 Å². The van der Waals surface area contributed by atoms with E-state index in [1.54, 1.807) is 26.0 Å². The summed E-state index contributed by atoms with van der Waals surface area (Å²) in [5.41, 5.74) is 1.87. The highest BCUT2D eigenvalue weighted by molar-refractivity contribution is 5.87. The molecule has 3 aromatic rings. The number of rotatable bonds is 7. The molecule has 0 aliphatic heterocycles. The summed E-state index contributed by atoms with van der Waals surface area (Å²) in [6.07, 6.45) is 0. The third kappa shape index (κ3) is 5.13. The van der Waals surface area contributed by atoms with Crippen LogP contribution in [0.2, 0.25) is 0 Å². The van der Waals surface area contributed by atoms with Crippen molar-refractivity contribution in [1.82, 2.24) is 4.90 Å². The van der Waals surface area contributed by atoms with E-state index in [0.29, 0.717) is 6.54 Å². The van der Waals surface area contributed by atoms with Gasteiger partial charge in [0.2, 0.25) is 0 Å². The largest absolute Gasteiger partial charge is 0.497 e. The van der Waals surface area contributed by atoms with Gasteiger partial charge in [-0.3, -0.25) is 9.59 Å². The molecule has 0 saturated carbocycles. The van der Waals surface area contributed by atoms with E-state index in [2.05, 4.69) is 0 Å². The van der Waals surface area contributed by atoms with Gasteiger partial charge in [-0.2, -0.15) is 0 Å². The van der Waals surface area contributed by atoms with Crippen LogP contribution in [0, 0.1) is 0 Å². The first-order chi connectivity index (χ1) is 14.0. The van der Waals surface area contributed by atoms with Crippen molar-refractivity contribution in [3.63, 3.8) is 0 Å². The predicted molar refractivity (Wildman–Crippen MR) is 113 cm³/mol.